The molecular weight excluding hydrogens is 767 g/mol. The standard InChI is InChI=1S/C56H107NO5/c1-3-5-7-9-11-13-15-16-17-18-19-22-25-29-32-36-40-44-48-54(59)53(52-58)57-55(60)49-45-41-37-33-30-26-23-20-21-24-27-31-35-39-43-47-51-62-56(61)50-46-42-38-34-28-14-12-10-8-6-4-2/h20,23,44,48,53-54,58-59H,3-19,21-22,24-43,45-47,49-52H2,1-2H3,(H,57,60)/b23-20-,48-44+. The summed E-state index contributed by atoms with van der Waals surface area (Å²) in [6.07, 6.45) is 61.9. The summed E-state index contributed by atoms with van der Waals surface area (Å²) in [4.78, 5) is 24.4. The van der Waals surface area contributed by atoms with E-state index in [2.05, 4.69) is 31.3 Å². The van der Waals surface area contributed by atoms with Gasteiger partial charge in [-0.2, -0.15) is 0 Å². The SMILES string of the molecule is CCCCCCCCCCCCCCCCCC/C=C/C(O)C(CO)NC(=O)CCCCCCC/C=C\CCCCCCCCCOC(=O)CCCCCCCCCCCCC. The molecule has 0 fully saturated rings. The molecule has 2 unspecified atom stereocenters. The minimum atomic E-state index is -0.854. The molecule has 1 amide bonds. The Morgan fingerprint density at radius 1 is 0.435 bits per heavy atom. The highest BCUT2D eigenvalue weighted by Gasteiger charge is 2.18. The van der Waals surface area contributed by atoms with Crippen molar-refractivity contribution in [2.24, 2.45) is 0 Å². The average molecular weight is 874 g/mol. The van der Waals surface area contributed by atoms with Crippen molar-refractivity contribution >= 4 is 11.9 Å². The van der Waals surface area contributed by atoms with E-state index in [1.54, 1.807) is 6.08 Å². The van der Waals surface area contributed by atoms with E-state index in [9.17, 15) is 19.8 Å². The molecule has 0 aromatic carbocycles. The summed E-state index contributed by atoms with van der Waals surface area (Å²) in [6, 6.07) is -0.640. The minimum absolute atomic E-state index is 0.00414. The number of ether oxygens (including phenoxy) is 1. The van der Waals surface area contributed by atoms with Gasteiger partial charge in [0.25, 0.3) is 0 Å². The highest BCUT2D eigenvalue weighted by molar-refractivity contribution is 5.76. The molecule has 3 N–H and O–H groups in total. The van der Waals surface area contributed by atoms with Crippen LogP contribution in [0.2, 0.25) is 0 Å². The number of hydrogen-bond acceptors (Lipinski definition) is 5. The number of aliphatic hydroxyl groups is 2. The van der Waals surface area contributed by atoms with Gasteiger partial charge in [-0.25, -0.2) is 0 Å². The normalized spacial score (nSPS) is 12.8. The second-order valence-electron chi connectivity index (χ2n) is 18.9. The summed E-state index contributed by atoms with van der Waals surface area (Å²) in [5.74, 6) is -0.0875. The lowest BCUT2D eigenvalue weighted by atomic mass is 10.0. The summed E-state index contributed by atoms with van der Waals surface area (Å²) in [6.45, 7) is 4.88. The first-order valence-corrected chi connectivity index (χ1v) is 27.6. The molecule has 2 atom stereocenters. The van der Waals surface area contributed by atoms with Gasteiger partial charge in [-0.05, 0) is 57.8 Å². The lowest BCUT2D eigenvalue weighted by Crippen LogP contribution is -2.45. The highest BCUT2D eigenvalue weighted by Crippen LogP contribution is 2.16. The van der Waals surface area contributed by atoms with Gasteiger partial charge in [0.1, 0.15) is 0 Å². The zero-order valence-electron chi connectivity index (χ0n) is 41.6. The molecule has 366 valence electrons. The third-order valence-corrected chi connectivity index (χ3v) is 12.7. The van der Waals surface area contributed by atoms with Crippen LogP contribution in [0.15, 0.2) is 24.3 Å². The second kappa shape index (κ2) is 52.0. The van der Waals surface area contributed by atoms with Crippen LogP contribution in [0.1, 0.15) is 296 Å². The third-order valence-electron chi connectivity index (χ3n) is 12.7. The predicted octanol–water partition coefficient (Wildman–Crippen LogP) is 16.7. The predicted molar refractivity (Wildman–Crippen MR) is 269 cm³/mol. The second-order valence-corrected chi connectivity index (χ2v) is 18.9. The van der Waals surface area contributed by atoms with Crippen LogP contribution in [0.5, 0.6) is 0 Å². The summed E-state index contributed by atoms with van der Waals surface area (Å²) in [5, 5.41) is 23.1. The van der Waals surface area contributed by atoms with E-state index >= 15 is 0 Å². The number of aliphatic hydroxyl groups excluding tert-OH is 2. The molecule has 0 radical (unpaired) electrons. The molecule has 0 bridgehead atoms. The molecule has 0 aliphatic carbocycles. The molecule has 0 heterocycles. The van der Waals surface area contributed by atoms with Gasteiger partial charge in [0.2, 0.25) is 5.91 Å². The van der Waals surface area contributed by atoms with Gasteiger partial charge in [-0.1, -0.05) is 250 Å². The summed E-state index contributed by atoms with van der Waals surface area (Å²) in [7, 11) is 0. The zero-order valence-corrected chi connectivity index (χ0v) is 41.6. The fraction of sp³-hybridized carbons (Fsp3) is 0.893. The Kier molecular flexibility index (Phi) is 50.6. The van der Waals surface area contributed by atoms with Crippen LogP contribution in [0.4, 0.5) is 0 Å². The van der Waals surface area contributed by atoms with E-state index in [1.165, 1.54) is 205 Å². The van der Waals surface area contributed by atoms with Crippen LogP contribution in [0.25, 0.3) is 0 Å². The first kappa shape index (κ1) is 60.3. The van der Waals surface area contributed by atoms with Crippen molar-refractivity contribution < 1.29 is 24.5 Å². The van der Waals surface area contributed by atoms with Gasteiger partial charge >= 0.3 is 5.97 Å². The summed E-state index contributed by atoms with van der Waals surface area (Å²) >= 11 is 0. The van der Waals surface area contributed by atoms with Gasteiger partial charge in [0.15, 0.2) is 0 Å². The number of esters is 1. The van der Waals surface area contributed by atoms with Crippen LogP contribution in [-0.4, -0.2) is 47.4 Å². The largest absolute Gasteiger partial charge is 0.466 e. The number of nitrogens with one attached hydrogen (secondary N) is 1. The maximum Gasteiger partial charge on any atom is 0.305 e. The van der Waals surface area contributed by atoms with Crippen molar-refractivity contribution in [2.45, 2.75) is 309 Å². The number of rotatable bonds is 51. The number of unbranched alkanes of at least 4 members (excludes halogenated alkanes) is 38. The Balaban J connectivity index is 3.51. The molecule has 6 nitrogen and oxygen atoms in total. The lowest BCUT2D eigenvalue weighted by Gasteiger charge is -2.20. The van der Waals surface area contributed by atoms with Gasteiger partial charge in [-0.15, -0.1) is 0 Å². The smallest absolute Gasteiger partial charge is 0.305 e. The van der Waals surface area contributed by atoms with Crippen molar-refractivity contribution in [3.63, 3.8) is 0 Å². The number of allylic oxidation sites excluding steroid dienone is 3. The topological polar surface area (TPSA) is 95.9 Å². The lowest BCUT2D eigenvalue weighted by molar-refractivity contribution is -0.143. The molecule has 0 aliphatic rings. The van der Waals surface area contributed by atoms with E-state index < -0.39 is 12.1 Å². The Morgan fingerprint density at radius 2 is 0.758 bits per heavy atom. The van der Waals surface area contributed by atoms with Crippen molar-refractivity contribution in [3.8, 4) is 0 Å². The van der Waals surface area contributed by atoms with E-state index in [1.807, 2.05) is 6.08 Å². The Bertz CT molecular complexity index is 966. The van der Waals surface area contributed by atoms with Crippen LogP contribution in [0.3, 0.4) is 0 Å². The highest BCUT2D eigenvalue weighted by atomic mass is 16.5. The molecule has 62 heavy (non-hydrogen) atoms. The van der Waals surface area contributed by atoms with Crippen LogP contribution >= 0.6 is 0 Å². The van der Waals surface area contributed by atoms with E-state index in [-0.39, 0.29) is 18.5 Å². The monoisotopic (exact) mass is 874 g/mol. The maximum atomic E-state index is 12.4. The van der Waals surface area contributed by atoms with Gasteiger partial charge in [0, 0.05) is 12.8 Å². The first-order valence-electron chi connectivity index (χ1n) is 27.6. The van der Waals surface area contributed by atoms with Crippen molar-refractivity contribution in [3.05, 3.63) is 24.3 Å². The number of carbonyl (C=O) groups excluding carboxylic acids is 2. The molecular formula is C56H107NO5. The summed E-state index contributed by atoms with van der Waals surface area (Å²) < 4.78 is 5.45. The molecule has 0 aliphatic heterocycles. The maximum absolute atomic E-state index is 12.4. The van der Waals surface area contributed by atoms with Gasteiger partial charge < -0.3 is 20.3 Å². The fourth-order valence-corrected chi connectivity index (χ4v) is 8.45. The first-order chi connectivity index (χ1) is 30.5. The number of amides is 1. The Hall–Kier alpha value is -1.66. The summed E-state index contributed by atoms with van der Waals surface area (Å²) in [5.41, 5.74) is 0. The fourth-order valence-electron chi connectivity index (χ4n) is 8.45. The molecule has 0 aromatic rings. The number of carbonyl (C=O) groups is 2. The molecule has 0 saturated heterocycles. The van der Waals surface area contributed by atoms with Crippen molar-refractivity contribution in [1.82, 2.24) is 5.32 Å². The molecule has 0 saturated carbocycles. The molecule has 0 aromatic heterocycles. The minimum Gasteiger partial charge on any atom is -0.466 e. The quantitative estimate of drug-likeness (QED) is 0.0321. The average Bonchev–Trinajstić information content (AvgIpc) is 3.27. The zero-order chi connectivity index (χ0) is 45.1. The van der Waals surface area contributed by atoms with Gasteiger partial charge in [-0.3, -0.25) is 9.59 Å². The van der Waals surface area contributed by atoms with E-state index in [0.29, 0.717) is 19.4 Å². The molecule has 6 heteroatoms. The Labute approximate surface area is 386 Å². The van der Waals surface area contributed by atoms with Crippen LogP contribution in [0, 0.1) is 0 Å². The van der Waals surface area contributed by atoms with Crippen LogP contribution in [-0.2, 0) is 14.3 Å². The Morgan fingerprint density at radius 3 is 1.15 bits per heavy atom. The van der Waals surface area contributed by atoms with E-state index in [0.717, 1.165) is 64.2 Å². The number of hydrogen-bond donors (Lipinski definition) is 3. The molecule has 0 rings (SSSR count). The third kappa shape index (κ3) is 47.8. The van der Waals surface area contributed by atoms with Gasteiger partial charge in [0.05, 0.1) is 25.4 Å². The van der Waals surface area contributed by atoms with Crippen molar-refractivity contribution in [2.75, 3.05) is 13.2 Å². The van der Waals surface area contributed by atoms with E-state index in [4.69, 9.17) is 4.74 Å². The van der Waals surface area contributed by atoms with Crippen LogP contribution < -0.4 is 5.32 Å². The molecule has 0 spiro atoms. The van der Waals surface area contributed by atoms with Crippen molar-refractivity contribution in [1.29, 1.82) is 0 Å².